The number of hydrogen-bond acceptors (Lipinski definition) is 5. The molecule has 0 spiro atoms. The molecule has 1 heterocycles. The first-order valence-electron chi connectivity index (χ1n) is 11.9. The highest BCUT2D eigenvalue weighted by Crippen LogP contribution is 2.36. The minimum Gasteiger partial charge on any atom is -0.490 e. The molecule has 1 saturated heterocycles. The van der Waals surface area contributed by atoms with Crippen molar-refractivity contribution in [3.63, 3.8) is 0 Å². The van der Waals surface area contributed by atoms with Gasteiger partial charge in [-0.2, -0.15) is 0 Å². The lowest BCUT2D eigenvalue weighted by Crippen LogP contribution is -2.54. The van der Waals surface area contributed by atoms with Crippen LogP contribution < -0.4 is 19.7 Å². The number of rotatable bonds is 9. The zero-order valence-electron chi connectivity index (χ0n) is 20.8. The number of allylic oxidation sites excluding steroid dienone is 1. The van der Waals surface area contributed by atoms with Crippen LogP contribution in [0.5, 0.6) is 11.5 Å². The van der Waals surface area contributed by atoms with Gasteiger partial charge in [0.25, 0.3) is 11.8 Å². The standard InChI is InChI=1S/C29H23Cl2FN2O5/c1-3-5-19-12-18(14-25(38-4-2)26(19)39-16-17-6-8-20(32)9-7-17)13-22-27(35)33-29(37)34(28(22)36)21-10-11-23(30)24(31)15-21/h3,6-15H,1,4-5,16H2,2H3,(H,33,35,37)/b22-13+. The molecule has 39 heavy (non-hydrogen) atoms. The summed E-state index contributed by atoms with van der Waals surface area (Å²) >= 11 is 12.0. The fraction of sp³-hybridized carbons (Fsp3) is 0.138. The van der Waals surface area contributed by atoms with Crippen LogP contribution >= 0.6 is 23.2 Å². The predicted molar refractivity (Wildman–Crippen MR) is 148 cm³/mol. The minimum atomic E-state index is -0.910. The lowest BCUT2D eigenvalue weighted by Gasteiger charge is -2.26. The van der Waals surface area contributed by atoms with Gasteiger partial charge in [-0.05, 0) is 73.0 Å². The number of barbiturate groups is 1. The second kappa shape index (κ2) is 12.1. The van der Waals surface area contributed by atoms with Crippen LogP contribution in [0.4, 0.5) is 14.9 Å². The Kier molecular flexibility index (Phi) is 8.69. The highest BCUT2D eigenvalue weighted by atomic mass is 35.5. The zero-order chi connectivity index (χ0) is 28.1. The maximum atomic E-state index is 13.3. The van der Waals surface area contributed by atoms with Crippen molar-refractivity contribution >= 4 is 52.8 Å². The van der Waals surface area contributed by atoms with Gasteiger partial charge in [0.2, 0.25) is 0 Å². The van der Waals surface area contributed by atoms with Crippen molar-refractivity contribution in [3.8, 4) is 11.5 Å². The van der Waals surface area contributed by atoms with E-state index >= 15 is 0 Å². The predicted octanol–water partition coefficient (Wildman–Crippen LogP) is 6.51. The molecule has 7 nitrogen and oxygen atoms in total. The topological polar surface area (TPSA) is 84.9 Å². The molecule has 0 aliphatic carbocycles. The van der Waals surface area contributed by atoms with Gasteiger partial charge in [0.1, 0.15) is 18.0 Å². The maximum absolute atomic E-state index is 13.3. The first-order valence-corrected chi connectivity index (χ1v) is 12.6. The van der Waals surface area contributed by atoms with Crippen molar-refractivity contribution in [2.75, 3.05) is 11.5 Å². The van der Waals surface area contributed by atoms with Crippen molar-refractivity contribution in [1.82, 2.24) is 5.32 Å². The van der Waals surface area contributed by atoms with Crippen LogP contribution in [0.15, 0.2) is 72.8 Å². The first-order chi connectivity index (χ1) is 18.7. The molecule has 0 radical (unpaired) electrons. The van der Waals surface area contributed by atoms with Gasteiger partial charge in [-0.1, -0.05) is 41.4 Å². The number of carbonyl (C=O) groups is 3. The molecule has 1 N–H and O–H groups in total. The molecule has 3 aromatic carbocycles. The normalized spacial score (nSPS) is 14.4. The number of amides is 4. The number of nitrogens with zero attached hydrogens (tertiary/aromatic N) is 1. The van der Waals surface area contributed by atoms with E-state index in [-0.39, 0.29) is 33.7 Å². The Morgan fingerprint density at radius 3 is 2.41 bits per heavy atom. The lowest BCUT2D eigenvalue weighted by atomic mass is 10.0. The Balaban J connectivity index is 1.72. The average Bonchev–Trinajstić information content (AvgIpc) is 2.89. The van der Waals surface area contributed by atoms with E-state index in [0.29, 0.717) is 35.7 Å². The smallest absolute Gasteiger partial charge is 0.335 e. The Bertz CT molecular complexity index is 1490. The molecule has 1 aliphatic rings. The molecule has 1 aliphatic heterocycles. The van der Waals surface area contributed by atoms with Crippen molar-refractivity contribution in [2.45, 2.75) is 20.0 Å². The van der Waals surface area contributed by atoms with Crippen molar-refractivity contribution in [1.29, 1.82) is 0 Å². The fourth-order valence-electron chi connectivity index (χ4n) is 3.92. The van der Waals surface area contributed by atoms with Crippen LogP contribution in [0, 0.1) is 5.82 Å². The van der Waals surface area contributed by atoms with Gasteiger partial charge < -0.3 is 9.47 Å². The van der Waals surface area contributed by atoms with Gasteiger partial charge in [-0.15, -0.1) is 6.58 Å². The second-order valence-electron chi connectivity index (χ2n) is 8.40. The molecule has 200 valence electrons. The lowest BCUT2D eigenvalue weighted by molar-refractivity contribution is -0.122. The summed E-state index contributed by atoms with van der Waals surface area (Å²) in [5.41, 5.74) is 1.79. The summed E-state index contributed by atoms with van der Waals surface area (Å²) in [7, 11) is 0. The van der Waals surface area contributed by atoms with E-state index in [1.165, 1.54) is 36.4 Å². The summed E-state index contributed by atoms with van der Waals surface area (Å²) in [5.74, 6) is -1.19. The quantitative estimate of drug-likeness (QED) is 0.181. The van der Waals surface area contributed by atoms with Gasteiger partial charge in [0.05, 0.1) is 22.3 Å². The van der Waals surface area contributed by atoms with E-state index in [1.54, 1.807) is 37.3 Å². The van der Waals surface area contributed by atoms with E-state index in [9.17, 15) is 18.8 Å². The van der Waals surface area contributed by atoms with Crippen molar-refractivity contribution < 1.29 is 28.2 Å². The molecule has 0 aromatic heterocycles. The Hall–Kier alpha value is -4.14. The van der Waals surface area contributed by atoms with E-state index in [1.807, 2.05) is 0 Å². The summed E-state index contributed by atoms with van der Waals surface area (Å²) in [6.45, 7) is 6.08. The second-order valence-corrected chi connectivity index (χ2v) is 9.22. The summed E-state index contributed by atoms with van der Waals surface area (Å²) in [4.78, 5) is 39.4. The number of nitrogens with one attached hydrogen (secondary N) is 1. The Morgan fingerprint density at radius 2 is 1.74 bits per heavy atom. The van der Waals surface area contributed by atoms with E-state index in [0.717, 1.165) is 10.5 Å². The molecular formula is C29H23Cl2FN2O5. The molecule has 0 atom stereocenters. The Labute approximate surface area is 234 Å². The number of halogens is 3. The molecular weight excluding hydrogens is 546 g/mol. The molecule has 3 aromatic rings. The molecule has 4 rings (SSSR count). The third kappa shape index (κ3) is 6.30. The molecule has 1 fully saturated rings. The van der Waals surface area contributed by atoms with Crippen molar-refractivity contribution in [2.24, 2.45) is 0 Å². The highest BCUT2D eigenvalue weighted by molar-refractivity contribution is 6.43. The molecule has 10 heteroatoms. The highest BCUT2D eigenvalue weighted by Gasteiger charge is 2.37. The summed E-state index contributed by atoms with van der Waals surface area (Å²) in [6.07, 6.45) is 3.44. The summed E-state index contributed by atoms with van der Waals surface area (Å²) < 4.78 is 25.2. The van der Waals surface area contributed by atoms with Gasteiger partial charge >= 0.3 is 6.03 Å². The minimum absolute atomic E-state index is 0.142. The van der Waals surface area contributed by atoms with Crippen LogP contribution in [-0.4, -0.2) is 24.5 Å². The van der Waals surface area contributed by atoms with Gasteiger partial charge in [-0.3, -0.25) is 14.9 Å². The summed E-state index contributed by atoms with van der Waals surface area (Å²) in [5, 5.41) is 2.57. The largest absolute Gasteiger partial charge is 0.490 e. The van der Waals surface area contributed by atoms with E-state index in [2.05, 4.69) is 11.9 Å². The third-order valence-corrected chi connectivity index (χ3v) is 6.43. The van der Waals surface area contributed by atoms with Crippen LogP contribution in [0.25, 0.3) is 6.08 Å². The van der Waals surface area contributed by atoms with E-state index in [4.69, 9.17) is 32.7 Å². The van der Waals surface area contributed by atoms with Crippen LogP contribution in [0.2, 0.25) is 10.0 Å². The van der Waals surface area contributed by atoms with Gasteiger partial charge in [0.15, 0.2) is 11.5 Å². The van der Waals surface area contributed by atoms with Gasteiger partial charge in [0, 0.05) is 5.56 Å². The number of benzene rings is 3. The molecule has 0 saturated carbocycles. The number of urea groups is 1. The van der Waals surface area contributed by atoms with Gasteiger partial charge in [-0.25, -0.2) is 14.1 Å². The van der Waals surface area contributed by atoms with Crippen LogP contribution in [-0.2, 0) is 22.6 Å². The monoisotopic (exact) mass is 568 g/mol. The third-order valence-electron chi connectivity index (χ3n) is 5.69. The number of carbonyl (C=O) groups excluding carboxylic acids is 3. The Morgan fingerprint density at radius 1 is 1.00 bits per heavy atom. The zero-order valence-corrected chi connectivity index (χ0v) is 22.3. The van der Waals surface area contributed by atoms with Crippen LogP contribution in [0.3, 0.4) is 0 Å². The summed E-state index contributed by atoms with van der Waals surface area (Å²) in [6, 6.07) is 12.6. The number of ether oxygens (including phenoxy) is 2. The first kappa shape index (κ1) is 27.9. The number of imide groups is 2. The number of hydrogen-bond donors (Lipinski definition) is 1. The maximum Gasteiger partial charge on any atom is 0.335 e. The molecule has 0 bridgehead atoms. The van der Waals surface area contributed by atoms with E-state index < -0.39 is 17.8 Å². The average molecular weight is 569 g/mol. The van der Waals surface area contributed by atoms with Crippen molar-refractivity contribution in [3.05, 3.63) is 105 Å². The molecule has 4 amide bonds. The molecule has 0 unspecified atom stereocenters. The SMILES string of the molecule is C=CCc1cc(/C=C2\C(=O)NC(=O)N(c3ccc(Cl)c(Cl)c3)C2=O)cc(OCC)c1OCc1ccc(F)cc1. The number of anilines is 1. The fourth-order valence-corrected chi connectivity index (χ4v) is 4.21. The van der Waals surface area contributed by atoms with Crippen LogP contribution in [0.1, 0.15) is 23.6 Å².